The fourth-order valence-electron chi connectivity index (χ4n) is 1.69. The summed E-state index contributed by atoms with van der Waals surface area (Å²) in [5.41, 5.74) is 0.440. The number of nitrogens with one attached hydrogen (secondary N) is 1. The Kier molecular flexibility index (Phi) is 4.82. The molecule has 6 nitrogen and oxygen atoms in total. The highest BCUT2D eigenvalue weighted by atomic mass is 16.6. The van der Waals surface area contributed by atoms with Crippen LogP contribution in [-0.2, 0) is 4.74 Å². The molecule has 0 aliphatic rings. The molecule has 2 aromatic rings. The lowest BCUT2D eigenvalue weighted by molar-refractivity contribution is 0.0636. The van der Waals surface area contributed by atoms with Gasteiger partial charge in [-0.1, -0.05) is 6.07 Å². The van der Waals surface area contributed by atoms with E-state index in [1.165, 1.54) is 6.20 Å². The lowest BCUT2D eigenvalue weighted by Crippen LogP contribution is -2.27. The van der Waals surface area contributed by atoms with Crippen LogP contribution in [0.2, 0.25) is 0 Å². The molecule has 0 radical (unpaired) electrons. The van der Waals surface area contributed by atoms with E-state index in [2.05, 4.69) is 10.3 Å². The van der Waals surface area contributed by atoms with Crippen LogP contribution < -0.4 is 10.1 Å². The molecular weight excluding hydrogens is 294 g/mol. The normalized spacial score (nSPS) is 10.5. The Labute approximate surface area is 134 Å². The smallest absolute Gasteiger partial charge is 0.412 e. The molecule has 0 saturated heterocycles. The fourth-order valence-corrected chi connectivity index (χ4v) is 1.69. The molecule has 0 saturated carbocycles. The minimum Gasteiger partial charge on any atom is -0.444 e. The topological polar surface area (TPSA) is 84.2 Å². The second-order valence-corrected chi connectivity index (χ2v) is 5.75. The molecule has 6 heteroatoms. The maximum Gasteiger partial charge on any atom is 0.412 e. The highest BCUT2D eigenvalue weighted by Crippen LogP contribution is 2.21. The van der Waals surface area contributed by atoms with Gasteiger partial charge in [0, 0.05) is 6.07 Å². The molecule has 0 unspecified atom stereocenters. The molecule has 1 N–H and O–H groups in total. The number of nitriles is 1. The Morgan fingerprint density at radius 2 is 2.04 bits per heavy atom. The Balaban J connectivity index is 1.99. The Morgan fingerprint density at radius 1 is 1.26 bits per heavy atom. The van der Waals surface area contributed by atoms with Gasteiger partial charge in [-0.2, -0.15) is 5.26 Å². The molecule has 118 valence electrons. The standard InChI is InChI=1S/C17H17N3O3/c1-17(2,3)23-16(21)20-13-7-8-15(19-11-13)22-14-6-4-5-12(9-14)10-18/h4-9,11H,1-3H3,(H,20,21). The van der Waals surface area contributed by atoms with Gasteiger partial charge in [-0.15, -0.1) is 0 Å². The zero-order chi connectivity index (χ0) is 16.9. The van der Waals surface area contributed by atoms with Gasteiger partial charge in [0.2, 0.25) is 5.88 Å². The Morgan fingerprint density at radius 3 is 2.65 bits per heavy atom. The van der Waals surface area contributed by atoms with E-state index in [1.54, 1.807) is 57.2 Å². The van der Waals surface area contributed by atoms with Gasteiger partial charge >= 0.3 is 6.09 Å². The summed E-state index contributed by atoms with van der Waals surface area (Å²) < 4.78 is 10.7. The van der Waals surface area contributed by atoms with Crippen LogP contribution in [0.3, 0.4) is 0 Å². The van der Waals surface area contributed by atoms with E-state index in [4.69, 9.17) is 14.7 Å². The van der Waals surface area contributed by atoms with Crippen LogP contribution in [0.25, 0.3) is 0 Å². The lowest BCUT2D eigenvalue weighted by atomic mass is 10.2. The van der Waals surface area contributed by atoms with E-state index in [9.17, 15) is 4.79 Å². The summed E-state index contributed by atoms with van der Waals surface area (Å²) in [6, 6.07) is 12.1. The number of rotatable bonds is 3. The zero-order valence-electron chi connectivity index (χ0n) is 13.2. The number of hydrogen-bond acceptors (Lipinski definition) is 5. The Hall–Kier alpha value is -3.07. The second kappa shape index (κ2) is 6.79. The summed E-state index contributed by atoms with van der Waals surface area (Å²) in [6.45, 7) is 5.37. The quantitative estimate of drug-likeness (QED) is 0.922. The van der Waals surface area contributed by atoms with Gasteiger partial charge in [0.1, 0.15) is 11.4 Å². The van der Waals surface area contributed by atoms with Gasteiger partial charge in [0.05, 0.1) is 23.5 Å². The van der Waals surface area contributed by atoms with E-state index < -0.39 is 11.7 Å². The average molecular weight is 311 g/mol. The van der Waals surface area contributed by atoms with Gasteiger partial charge in [0.25, 0.3) is 0 Å². The van der Waals surface area contributed by atoms with Crippen molar-refractivity contribution < 1.29 is 14.3 Å². The number of carbonyl (C=O) groups excluding carboxylic acids is 1. The number of hydrogen-bond donors (Lipinski definition) is 1. The number of aromatic nitrogens is 1. The van der Waals surface area contributed by atoms with Gasteiger partial charge < -0.3 is 9.47 Å². The highest BCUT2D eigenvalue weighted by Gasteiger charge is 2.16. The van der Waals surface area contributed by atoms with E-state index in [-0.39, 0.29) is 0 Å². The third-order valence-electron chi connectivity index (χ3n) is 2.57. The molecule has 1 heterocycles. The van der Waals surface area contributed by atoms with Crippen LogP contribution in [0.1, 0.15) is 26.3 Å². The van der Waals surface area contributed by atoms with Crippen LogP contribution in [0.4, 0.5) is 10.5 Å². The molecule has 0 fully saturated rings. The van der Waals surface area contributed by atoms with Crippen LogP contribution in [0.15, 0.2) is 42.6 Å². The molecule has 0 bridgehead atoms. The van der Waals surface area contributed by atoms with E-state index in [1.807, 2.05) is 6.07 Å². The molecular formula is C17H17N3O3. The SMILES string of the molecule is CC(C)(C)OC(=O)Nc1ccc(Oc2cccc(C#N)c2)nc1. The molecule has 0 spiro atoms. The third-order valence-corrected chi connectivity index (χ3v) is 2.57. The number of ether oxygens (including phenoxy) is 2. The van der Waals surface area contributed by atoms with Gasteiger partial charge in [-0.25, -0.2) is 9.78 Å². The molecule has 1 aromatic heterocycles. The zero-order valence-corrected chi connectivity index (χ0v) is 13.2. The Bertz CT molecular complexity index is 728. The number of pyridine rings is 1. The molecule has 1 amide bonds. The van der Waals surface area contributed by atoms with Gasteiger partial charge in [-0.05, 0) is 45.0 Å². The van der Waals surface area contributed by atoms with Crippen LogP contribution >= 0.6 is 0 Å². The van der Waals surface area contributed by atoms with Crippen molar-refractivity contribution in [2.45, 2.75) is 26.4 Å². The maximum atomic E-state index is 11.7. The van der Waals surface area contributed by atoms with Crippen molar-refractivity contribution >= 4 is 11.8 Å². The number of anilines is 1. The summed E-state index contributed by atoms with van der Waals surface area (Å²) in [4.78, 5) is 15.8. The first-order valence-corrected chi connectivity index (χ1v) is 7.00. The molecule has 1 aromatic carbocycles. The number of nitrogens with zero attached hydrogens (tertiary/aromatic N) is 2. The van der Waals surface area contributed by atoms with Crippen molar-refractivity contribution in [2.24, 2.45) is 0 Å². The number of carbonyl (C=O) groups is 1. The van der Waals surface area contributed by atoms with Crippen molar-refractivity contribution in [3.05, 3.63) is 48.2 Å². The van der Waals surface area contributed by atoms with Crippen LogP contribution in [-0.4, -0.2) is 16.7 Å². The average Bonchev–Trinajstić information content (AvgIpc) is 2.47. The van der Waals surface area contributed by atoms with E-state index >= 15 is 0 Å². The van der Waals surface area contributed by atoms with Crippen molar-refractivity contribution in [3.8, 4) is 17.7 Å². The summed E-state index contributed by atoms with van der Waals surface area (Å²) in [5, 5.41) is 11.4. The van der Waals surface area contributed by atoms with Crippen LogP contribution in [0.5, 0.6) is 11.6 Å². The maximum absolute atomic E-state index is 11.7. The van der Waals surface area contributed by atoms with Crippen molar-refractivity contribution in [3.63, 3.8) is 0 Å². The van der Waals surface area contributed by atoms with Crippen molar-refractivity contribution in [1.82, 2.24) is 4.98 Å². The monoisotopic (exact) mass is 311 g/mol. The van der Waals surface area contributed by atoms with Crippen LogP contribution in [0, 0.1) is 11.3 Å². The van der Waals surface area contributed by atoms with E-state index in [0.717, 1.165) is 0 Å². The predicted molar refractivity (Wildman–Crippen MR) is 85.3 cm³/mol. The minimum atomic E-state index is -0.563. The van der Waals surface area contributed by atoms with Gasteiger partial charge in [0.15, 0.2) is 0 Å². The summed E-state index contributed by atoms with van der Waals surface area (Å²) in [5.74, 6) is 0.874. The number of benzene rings is 1. The summed E-state index contributed by atoms with van der Waals surface area (Å²) >= 11 is 0. The second-order valence-electron chi connectivity index (χ2n) is 5.75. The first-order chi connectivity index (χ1) is 10.9. The summed E-state index contributed by atoms with van der Waals surface area (Å²) in [6.07, 6.45) is 0.919. The number of amides is 1. The molecule has 2 rings (SSSR count). The summed E-state index contributed by atoms with van der Waals surface area (Å²) in [7, 11) is 0. The lowest BCUT2D eigenvalue weighted by Gasteiger charge is -2.19. The largest absolute Gasteiger partial charge is 0.444 e. The fraction of sp³-hybridized carbons (Fsp3) is 0.235. The minimum absolute atomic E-state index is 0.356. The van der Waals surface area contributed by atoms with E-state index in [0.29, 0.717) is 22.9 Å². The van der Waals surface area contributed by atoms with Gasteiger partial charge in [-0.3, -0.25) is 5.32 Å². The third kappa shape index (κ3) is 5.32. The first-order valence-electron chi connectivity index (χ1n) is 7.00. The highest BCUT2D eigenvalue weighted by molar-refractivity contribution is 5.84. The van der Waals surface area contributed by atoms with Crippen molar-refractivity contribution in [1.29, 1.82) is 5.26 Å². The van der Waals surface area contributed by atoms with Crippen molar-refractivity contribution in [2.75, 3.05) is 5.32 Å². The molecule has 0 aliphatic carbocycles. The first kappa shape index (κ1) is 16.3. The predicted octanol–water partition coefficient (Wildman–Crippen LogP) is 4.09. The molecule has 0 aliphatic heterocycles. The molecule has 23 heavy (non-hydrogen) atoms. The molecule has 0 atom stereocenters.